The zero-order chi connectivity index (χ0) is 20.2. The second kappa shape index (κ2) is 8.29. The van der Waals surface area contributed by atoms with Crippen LogP contribution in [0.1, 0.15) is 39.7 Å². The number of anilines is 2. The molecule has 0 aliphatic carbocycles. The largest absolute Gasteiger partial charge is 0.326 e. The Bertz CT molecular complexity index is 844. The van der Waals surface area contributed by atoms with E-state index in [1.807, 2.05) is 24.3 Å². The second-order valence-electron chi connectivity index (χ2n) is 7.36. The molecule has 4 nitrogen and oxygen atoms in total. The Kier molecular flexibility index (Phi) is 6.31. The molecule has 0 fully saturated rings. The van der Waals surface area contributed by atoms with Gasteiger partial charge in [-0.1, -0.05) is 39.0 Å². The predicted molar refractivity (Wildman–Crippen MR) is 103 cm³/mol. The molecular formula is C21H24F2N2O2. The van der Waals surface area contributed by atoms with Crippen molar-refractivity contribution in [3.8, 4) is 0 Å². The Balaban J connectivity index is 2.09. The highest BCUT2D eigenvalue weighted by molar-refractivity contribution is 5.95. The summed E-state index contributed by atoms with van der Waals surface area (Å²) in [5.74, 6) is -2.65. The van der Waals surface area contributed by atoms with Crippen LogP contribution in [-0.2, 0) is 15.0 Å². The van der Waals surface area contributed by atoms with Crippen LogP contribution in [0.15, 0.2) is 42.5 Å². The van der Waals surface area contributed by atoms with Gasteiger partial charge in [0, 0.05) is 37.3 Å². The molecule has 0 atom stereocenters. The normalized spacial score (nSPS) is 11.2. The molecule has 2 aromatic carbocycles. The summed E-state index contributed by atoms with van der Waals surface area (Å²) in [4.78, 5) is 25.5. The summed E-state index contributed by atoms with van der Waals surface area (Å²) >= 11 is 0. The Morgan fingerprint density at radius 1 is 1.04 bits per heavy atom. The van der Waals surface area contributed by atoms with E-state index >= 15 is 0 Å². The molecule has 27 heavy (non-hydrogen) atoms. The molecule has 0 saturated heterocycles. The maximum absolute atomic E-state index is 13.5. The zero-order valence-electron chi connectivity index (χ0n) is 16.0. The van der Waals surface area contributed by atoms with Crippen LogP contribution in [0.4, 0.5) is 20.2 Å². The van der Waals surface area contributed by atoms with Crippen molar-refractivity contribution in [1.29, 1.82) is 0 Å². The molecule has 2 rings (SSSR count). The van der Waals surface area contributed by atoms with E-state index in [0.717, 1.165) is 23.4 Å². The molecule has 0 heterocycles. The van der Waals surface area contributed by atoms with Crippen LogP contribution in [0.25, 0.3) is 0 Å². The third-order valence-electron chi connectivity index (χ3n) is 4.17. The summed E-state index contributed by atoms with van der Waals surface area (Å²) in [7, 11) is 0. The van der Waals surface area contributed by atoms with Gasteiger partial charge in [-0.3, -0.25) is 9.59 Å². The average molecular weight is 374 g/mol. The van der Waals surface area contributed by atoms with Gasteiger partial charge in [-0.15, -0.1) is 0 Å². The van der Waals surface area contributed by atoms with Crippen molar-refractivity contribution in [1.82, 2.24) is 0 Å². The monoisotopic (exact) mass is 374 g/mol. The predicted octanol–water partition coefficient (Wildman–Crippen LogP) is 4.64. The number of carbonyl (C=O) groups excluding carboxylic acids is 2. The first-order chi connectivity index (χ1) is 12.6. The number of nitrogens with one attached hydrogen (secondary N) is 1. The molecule has 2 amide bonds. The van der Waals surface area contributed by atoms with Crippen LogP contribution < -0.4 is 10.2 Å². The van der Waals surface area contributed by atoms with Crippen molar-refractivity contribution in [2.75, 3.05) is 16.8 Å². The highest BCUT2D eigenvalue weighted by atomic mass is 19.2. The summed E-state index contributed by atoms with van der Waals surface area (Å²) in [6, 6.07) is 10.8. The molecule has 6 heteroatoms. The number of hydrogen-bond acceptors (Lipinski definition) is 2. The topological polar surface area (TPSA) is 49.4 Å². The van der Waals surface area contributed by atoms with E-state index in [0.29, 0.717) is 0 Å². The molecule has 0 spiro atoms. The minimum atomic E-state index is -1.04. The van der Waals surface area contributed by atoms with E-state index in [2.05, 4.69) is 26.1 Å². The van der Waals surface area contributed by atoms with Gasteiger partial charge in [-0.2, -0.15) is 0 Å². The van der Waals surface area contributed by atoms with Crippen molar-refractivity contribution in [2.45, 2.75) is 39.5 Å². The van der Waals surface area contributed by atoms with Crippen LogP contribution in [-0.4, -0.2) is 18.4 Å². The summed E-state index contributed by atoms with van der Waals surface area (Å²) in [5.41, 5.74) is 1.80. The minimum Gasteiger partial charge on any atom is -0.326 e. The number of para-hydroxylation sites is 1. The first-order valence-corrected chi connectivity index (χ1v) is 8.72. The summed E-state index contributed by atoms with van der Waals surface area (Å²) in [6.07, 6.45) is 0.0249. The Labute approximate surface area is 158 Å². The molecule has 0 aliphatic rings. The summed E-state index contributed by atoms with van der Waals surface area (Å²) < 4.78 is 26.6. The van der Waals surface area contributed by atoms with Gasteiger partial charge in [0.2, 0.25) is 11.8 Å². The molecule has 0 saturated carbocycles. The van der Waals surface area contributed by atoms with E-state index < -0.39 is 11.6 Å². The third-order valence-corrected chi connectivity index (χ3v) is 4.17. The molecule has 1 N–H and O–H groups in total. The SMILES string of the molecule is CC(=O)N(CCC(=O)Nc1ccccc1C(C)(C)C)c1ccc(F)c(F)c1. The first-order valence-electron chi connectivity index (χ1n) is 8.72. The van der Waals surface area contributed by atoms with E-state index in [9.17, 15) is 18.4 Å². The minimum absolute atomic E-state index is 0.0249. The van der Waals surface area contributed by atoms with Gasteiger partial charge in [0.05, 0.1) is 0 Å². The van der Waals surface area contributed by atoms with Gasteiger partial charge in [0.1, 0.15) is 0 Å². The lowest BCUT2D eigenvalue weighted by Crippen LogP contribution is -2.32. The number of hydrogen-bond donors (Lipinski definition) is 1. The fourth-order valence-corrected chi connectivity index (χ4v) is 2.79. The molecule has 0 unspecified atom stereocenters. The molecule has 0 aromatic heterocycles. The van der Waals surface area contributed by atoms with Gasteiger partial charge >= 0.3 is 0 Å². The van der Waals surface area contributed by atoms with Crippen molar-refractivity contribution in [2.24, 2.45) is 0 Å². The van der Waals surface area contributed by atoms with Crippen LogP contribution >= 0.6 is 0 Å². The van der Waals surface area contributed by atoms with Gasteiger partial charge < -0.3 is 10.2 Å². The smallest absolute Gasteiger partial charge is 0.226 e. The maximum atomic E-state index is 13.5. The lowest BCUT2D eigenvalue weighted by molar-refractivity contribution is -0.117. The van der Waals surface area contributed by atoms with Gasteiger partial charge in [0.25, 0.3) is 0 Å². The fraction of sp³-hybridized carbons (Fsp3) is 0.333. The molecule has 144 valence electrons. The van der Waals surface area contributed by atoms with E-state index in [1.165, 1.54) is 17.9 Å². The first kappa shape index (κ1) is 20.6. The van der Waals surface area contributed by atoms with Crippen molar-refractivity contribution >= 4 is 23.2 Å². The lowest BCUT2D eigenvalue weighted by Gasteiger charge is -2.24. The van der Waals surface area contributed by atoms with Crippen LogP contribution in [0.3, 0.4) is 0 Å². The van der Waals surface area contributed by atoms with Gasteiger partial charge in [-0.05, 0) is 29.2 Å². The lowest BCUT2D eigenvalue weighted by atomic mass is 9.86. The molecule has 0 aliphatic heterocycles. The van der Waals surface area contributed by atoms with Crippen LogP contribution in [0, 0.1) is 11.6 Å². The number of nitrogens with zero attached hydrogens (tertiary/aromatic N) is 1. The Morgan fingerprint density at radius 3 is 2.30 bits per heavy atom. The standard InChI is InChI=1S/C21H24F2N2O2/c1-14(26)25(15-9-10-17(22)18(23)13-15)12-11-20(27)24-19-8-6-5-7-16(19)21(2,3)4/h5-10,13H,11-12H2,1-4H3,(H,24,27). The highest BCUT2D eigenvalue weighted by Gasteiger charge is 2.19. The van der Waals surface area contributed by atoms with Crippen LogP contribution in [0.5, 0.6) is 0 Å². The highest BCUT2D eigenvalue weighted by Crippen LogP contribution is 2.29. The van der Waals surface area contributed by atoms with E-state index in [4.69, 9.17) is 0 Å². The number of carbonyl (C=O) groups is 2. The second-order valence-corrected chi connectivity index (χ2v) is 7.36. The molecule has 0 bridgehead atoms. The van der Waals surface area contributed by atoms with E-state index in [-0.39, 0.29) is 35.9 Å². The number of halogens is 2. The van der Waals surface area contributed by atoms with Crippen molar-refractivity contribution < 1.29 is 18.4 Å². The van der Waals surface area contributed by atoms with Gasteiger partial charge in [-0.25, -0.2) is 8.78 Å². The average Bonchev–Trinajstić information content (AvgIpc) is 2.57. The third kappa shape index (κ3) is 5.36. The molecule has 0 radical (unpaired) electrons. The molecule has 2 aromatic rings. The van der Waals surface area contributed by atoms with Gasteiger partial charge in [0.15, 0.2) is 11.6 Å². The Morgan fingerprint density at radius 2 is 1.70 bits per heavy atom. The van der Waals surface area contributed by atoms with Crippen molar-refractivity contribution in [3.63, 3.8) is 0 Å². The van der Waals surface area contributed by atoms with E-state index in [1.54, 1.807) is 0 Å². The molecular weight excluding hydrogens is 350 g/mol. The number of benzene rings is 2. The Hall–Kier alpha value is -2.76. The number of rotatable bonds is 5. The summed E-state index contributed by atoms with van der Waals surface area (Å²) in [5, 5.41) is 2.87. The van der Waals surface area contributed by atoms with Crippen molar-refractivity contribution in [3.05, 3.63) is 59.7 Å². The maximum Gasteiger partial charge on any atom is 0.226 e. The zero-order valence-corrected chi connectivity index (χ0v) is 16.0. The fourth-order valence-electron chi connectivity index (χ4n) is 2.79. The van der Waals surface area contributed by atoms with Crippen LogP contribution in [0.2, 0.25) is 0 Å². The summed E-state index contributed by atoms with van der Waals surface area (Å²) in [6.45, 7) is 7.54. The number of amides is 2. The quantitative estimate of drug-likeness (QED) is 0.829.